The van der Waals surface area contributed by atoms with Gasteiger partial charge in [-0.3, -0.25) is 0 Å². The maximum absolute atomic E-state index is 5.56. The molecule has 0 saturated heterocycles. The fourth-order valence-corrected chi connectivity index (χ4v) is 2.19. The number of hydrogen-bond donors (Lipinski definition) is 2. The fraction of sp³-hybridized carbons (Fsp3) is 0.700. The van der Waals surface area contributed by atoms with Crippen molar-refractivity contribution in [1.82, 2.24) is 10.3 Å². The van der Waals surface area contributed by atoms with Crippen LogP contribution in [-0.4, -0.2) is 12.0 Å². The van der Waals surface area contributed by atoms with Crippen molar-refractivity contribution >= 4 is 6.01 Å². The predicted molar refractivity (Wildman–Crippen MR) is 54.8 cm³/mol. The third kappa shape index (κ3) is 1.50. The molecule has 14 heavy (non-hydrogen) atoms. The van der Waals surface area contributed by atoms with Crippen molar-refractivity contribution in [2.24, 2.45) is 5.41 Å². The minimum atomic E-state index is 0.249. The maximum Gasteiger partial charge on any atom is 0.292 e. The molecule has 0 amide bonds. The number of nitrogens with one attached hydrogen (secondary N) is 1. The van der Waals surface area contributed by atoms with Crippen LogP contribution in [0.25, 0.3) is 0 Å². The van der Waals surface area contributed by atoms with Gasteiger partial charge in [0.1, 0.15) is 5.76 Å². The molecule has 0 fully saturated rings. The third-order valence-electron chi connectivity index (χ3n) is 2.81. The van der Waals surface area contributed by atoms with Gasteiger partial charge in [-0.2, -0.15) is 4.98 Å². The number of nitrogens with zero attached hydrogens (tertiary/aromatic N) is 1. The largest absolute Gasteiger partial charge is 0.427 e. The molecule has 0 aliphatic heterocycles. The maximum atomic E-state index is 5.56. The van der Waals surface area contributed by atoms with E-state index in [1.165, 1.54) is 0 Å². The summed E-state index contributed by atoms with van der Waals surface area (Å²) >= 11 is 0. The van der Waals surface area contributed by atoms with E-state index in [9.17, 15) is 0 Å². The first-order valence-corrected chi connectivity index (χ1v) is 4.94. The summed E-state index contributed by atoms with van der Waals surface area (Å²) in [5.74, 6) is 0.921. The molecule has 1 atom stereocenters. The molecule has 0 spiro atoms. The van der Waals surface area contributed by atoms with E-state index in [-0.39, 0.29) is 17.5 Å². The molecule has 0 radical (unpaired) electrons. The Balaban J connectivity index is 2.40. The second kappa shape index (κ2) is 2.98. The minimum Gasteiger partial charge on any atom is -0.427 e. The van der Waals surface area contributed by atoms with Crippen molar-refractivity contribution in [2.45, 2.75) is 32.7 Å². The van der Waals surface area contributed by atoms with Crippen LogP contribution >= 0.6 is 0 Å². The second-order valence-electron chi connectivity index (χ2n) is 4.75. The summed E-state index contributed by atoms with van der Waals surface area (Å²) in [6, 6.07) is 0.534. The van der Waals surface area contributed by atoms with E-state index < -0.39 is 0 Å². The first-order valence-electron chi connectivity index (χ1n) is 4.94. The summed E-state index contributed by atoms with van der Waals surface area (Å²) in [6.07, 6.45) is 2.01. The summed E-state index contributed by atoms with van der Waals surface area (Å²) in [5.41, 5.74) is 6.84. The molecule has 1 aromatic rings. The van der Waals surface area contributed by atoms with Crippen molar-refractivity contribution in [2.75, 3.05) is 12.8 Å². The van der Waals surface area contributed by atoms with Gasteiger partial charge >= 0.3 is 0 Å². The topological polar surface area (TPSA) is 64.1 Å². The number of fused-ring (bicyclic) bond motifs is 1. The standard InChI is InChI=1S/C10H17N3O/c1-10(2)4-6(12-3)8-7(5-10)13-9(11)14-8/h6,12H,4-5H2,1-3H3,(H2,11,13). The highest BCUT2D eigenvalue weighted by molar-refractivity contribution is 5.26. The van der Waals surface area contributed by atoms with Crippen molar-refractivity contribution in [3.05, 3.63) is 11.5 Å². The fourth-order valence-electron chi connectivity index (χ4n) is 2.19. The number of anilines is 1. The van der Waals surface area contributed by atoms with E-state index in [1.54, 1.807) is 0 Å². The lowest BCUT2D eigenvalue weighted by molar-refractivity contribution is 0.239. The molecule has 4 heteroatoms. The summed E-state index contributed by atoms with van der Waals surface area (Å²) in [4.78, 5) is 4.22. The molecule has 2 rings (SSSR count). The Morgan fingerprint density at radius 1 is 1.57 bits per heavy atom. The van der Waals surface area contributed by atoms with Crippen molar-refractivity contribution in [1.29, 1.82) is 0 Å². The number of oxazole rings is 1. The monoisotopic (exact) mass is 195 g/mol. The van der Waals surface area contributed by atoms with Gasteiger partial charge in [-0.1, -0.05) is 13.8 Å². The molecule has 1 aromatic heterocycles. The van der Waals surface area contributed by atoms with Gasteiger partial charge in [-0.05, 0) is 25.3 Å². The Kier molecular flexibility index (Phi) is 2.03. The van der Waals surface area contributed by atoms with Crippen molar-refractivity contribution in [3.63, 3.8) is 0 Å². The zero-order valence-electron chi connectivity index (χ0n) is 8.92. The SMILES string of the molecule is CNC1CC(C)(C)Cc2nc(N)oc21. The lowest BCUT2D eigenvalue weighted by Gasteiger charge is -2.32. The molecular weight excluding hydrogens is 178 g/mol. The summed E-state index contributed by atoms with van der Waals surface area (Å²) in [7, 11) is 1.94. The molecule has 0 saturated carbocycles. The lowest BCUT2D eigenvalue weighted by Crippen LogP contribution is -2.31. The average Bonchev–Trinajstić information content (AvgIpc) is 2.41. The van der Waals surface area contributed by atoms with Crippen molar-refractivity contribution in [3.8, 4) is 0 Å². The van der Waals surface area contributed by atoms with Gasteiger partial charge in [0.05, 0.1) is 11.7 Å². The molecule has 1 aliphatic rings. The van der Waals surface area contributed by atoms with Crippen LogP contribution in [0.2, 0.25) is 0 Å². The van der Waals surface area contributed by atoms with Gasteiger partial charge in [0.15, 0.2) is 0 Å². The van der Waals surface area contributed by atoms with Crippen LogP contribution < -0.4 is 11.1 Å². The van der Waals surface area contributed by atoms with Crippen LogP contribution in [0.4, 0.5) is 6.01 Å². The van der Waals surface area contributed by atoms with E-state index in [0.717, 1.165) is 24.3 Å². The highest BCUT2D eigenvalue weighted by atomic mass is 16.4. The van der Waals surface area contributed by atoms with E-state index in [0.29, 0.717) is 0 Å². The Hall–Kier alpha value is -1.03. The van der Waals surface area contributed by atoms with Crippen LogP contribution in [-0.2, 0) is 6.42 Å². The third-order valence-corrected chi connectivity index (χ3v) is 2.81. The summed E-state index contributed by atoms with van der Waals surface area (Å²) in [6.45, 7) is 4.48. The van der Waals surface area contributed by atoms with E-state index in [1.807, 2.05) is 7.05 Å². The first kappa shape index (κ1) is 9.52. The molecule has 1 heterocycles. The Morgan fingerprint density at radius 3 is 2.93 bits per heavy atom. The van der Waals surface area contributed by atoms with E-state index >= 15 is 0 Å². The number of nitrogen functional groups attached to an aromatic ring is 1. The van der Waals surface area contributed by atoms with Gasteiger partial charge in [0, 0.05) is 0 Å². The smallest absolute Gasteiger partial charge is 0.292 e. The Bertz CT molecular complexity index is 343. The molecule has 0 aromatic carbocycles. The van der Waals surface area contributed by atoms with Crippen LogP contribution in [0, 0.1) is 5.41 Å². The van der Waals surface area contributed by atoms with E-state index in [2.05, 4.69) is 24.1 Å². The quantitative estimate of drug-likeness (QED) is 0.712. The summed E-state index contributed by atoms with van der Waals surface area (Å²) < 4.78 is 5.41. The molecule has 1 aliphatic carbocycles. The minimum absolute atomic E-state index is 0.249. The Morgan fingerprint density at radius 2 is 2.29 bits per heavy atom. The number of aromatic nitrogens is 1. The zero-order valence-corrected chi connectivity index (χ0v) is 8.92. The number of rotatable bonds is 1. The van der Waals surface area contributed by atoms with Crippen molar-refractivity contribution < 1.29 is 4.42 Å². The van der Waals surface area contributed by atoms with Crippen LogP contribution in [0.3, 0.4) is 0 Å². The molecule has 1 unspecified atom stereocenters. The lowest BCUT2D eigenvalue weighted by atomic mass is 9.76. The first-order chi connectivity index (χ1) is 6.52. The molecular formula is C10H17N3O. The zero-order chi connectivity index (χ0) is 10.3. The molecule has 3 N–H and O–H groups in total. The number of nitrogens with two attached hydrogens (primary N) is 1. The van der Waals surface area contributed by atoms with Gasteiger partial charge in [-0.25, -0.2) is 0 Å². The molecule has 78 valence electrons. The highest BCUT2D eigenvalue weighted by Gasteiger charge is 2.35. The van der Waals surface area contributed by atoms with Gasteiger partial charge in [0.25, 0.3) is 6.01 Å². The summed E-state index contributed by atoms with van der Waals surface area (Å²) in [5, 5.41) is 3.24. The van der Waals surface area contributed by atoms with Gasteiger partial charge in [-0.15, -0.1) is 0 Å². The average molecular weight is 195 g/mol. The molecule has 0 bridgehead atoms. The van der Waals surface area contributed by atoms with Crippen LogP contribution in [0.1, 0.15) is 37.8 Å². The van der Waals surface area contributed by atoms with E-state index in [4.69, 9.17) is 10.2 Å². The predicted octanol–water partition coefficient (Wildman–Crippen LogP) is 1.49. The van der Waals surface area contributed by atoms with Gasteiger partial charge < -0.3 is 15.5 Å². The van der Waals surface area contributed by atoms with Crippen LogP contribution in [0.15, 0.2) is 4.42 Å². The van der Waals surface area contributed by atoms with Crippen LogP contribution in [0.5, 0.6) is 0 Å². The normalized spacial score (nSPS) is 24.6. The molecule has 4 nitrogen and oxygen atoms in total. The Labute approximate surface area is 83.9 Å². The second-order valence-corrected chi connectivity index (χ2v) is 4.75. The number of hydrogen-bond acceptors (Lipinski definition) is 4. The van der Waals surface area contributed by atoms with Gasteiger partial charge in [0.2, 0.25) is 0 Å². The highest BCUT2D eigenvalue weighted by Crippen LogP contribution is 2.40.